The molecule has 0 fully saturated rings. The molecule has 7 heteroatoms. The van der Waals surface area contributed by atoms with Crippen molar-refractivity contribution in [3.05, 3.63) is 34.3 Å². The Morgan fingerprint density at radius 3 is 2.06 bits per heavy atom. The predicted molar refractivity (Wildman–Crippen MR) is 53.1 cm³/mol. The molecular weight excluding hydrogens is 292 g/mol. The Morgan fingerprint density at radius 1 is 1.22 bits per heavy atom. The molecule has 0 atom stereocenters. The molecule has 3 nitrogen and oxygen atoms in total. The topological polar surface area (TPSA) is 51.2 Å². The molecule has 1 aliphatic carbocycles. The first-order valence-corrected chi connectivity index (χ1v) is 6.79. The summed E-state index contributed by atoms with van der Waals surface area (Å²) in [5.41, 5.74) is -1.35. The maximum absolute atomic E-state index is 12.9. The van der Waals surface area contributed by atoms with E-state index in [2.05, 4.69) is 6.58 Å². The van der Waals surface area contributed by atoms with Crippen molar-refractivity contribution in [2.45, 2.75) is 12.6 Å². The van der Waals surface area contributed by atoms with Crippen LogP contribution in [0.25, 0.3) is 0 Å². The molecule has 18 heavy (non-hydrogen) atoms. The van der Waals surface area contributed by atoms with Gasteiger partial charge in [-0.2, -0.15) is 0 Å². The number of rotatable bonds is 2. The summed E-state index contributed by atoms with van der Waals surface area (Å²) in [6.45, 7) is 3.23. The van der Waals surface area contributed by atoms with Crippen LogP contribution in [0.3, 0.4) is 0 Å². The van der Waals surface area contributed by atoms with Gasteiger partial charge >= 0.3 is 100 Å². The van der Waals surface area contributed by atoms with Gasteiger partial charge in [0, 0.05) is 0 Å². The number of carbonyl (C=O) groups excluding carboxylic acids is 3. The molecule has 0 aliphatic heterocycles. The third-order valence-corrected chi connectivity index (χ3v) is 4.82. The number of alkyl halides is 3. The molecule has 1 aliphatic rings. The summed E-state index contributed by atoms with van der Waals surface area (Å²) in [5.74, 6) is 0. The van der Waals surface area contributed by atoms with Crippen molar-refractivity contribution in [3.63, 3.8) is 0 Å². The summed E-state index contributed by atoms with van der Waals surface area (Å²) < 4.78 is 38.0. The van der Waals surface area contributed by atoms with Crippen LogP contribution in [0.2, 0.25) is 0 Å². The zero-order valence-corrected chi connectivity index (χ0v) is 9.99. The Kier molecular flexibility index (Phi) is 3.88. The van der Waals surface area contributed by atoms with Crippen LogP contribution in [0.1, 0.15) is 6.42 Å². The molecule has 1 rings (SSSR count). The molecule has 0 radical (unpaired) electrons. The Labute approximate surface area is 101 Å². The van der Waals surface area contributed by atoms with E-state index in [1.165, 1.54) is 0 Å². The van der Waals surface area contributed by atoms with Crippen LogP contribution in [-0.2, 0) is 25.9 Å². The maximum atomic E-state index is 12.9. The first-order valence-electron chi connectivity index (χ1n) is 4.43. The summed E-state index contributed by atoms with van der Waals surface area (Å²) in [7, 11) is 0. The average Bonchev–Trinajstić information content (AvgIpc) is 2.76. The van der Waals surface area contributed by atoms with Gasteiger partial charge in [0.05, 0.1) is 0 Å². The standard InChI is InChI=1S/C8H6F3.3CO.Mn/c1-2-6-4-3-5-7(6)8(9,10)11;3*1-2;/h2-3H,1,4H2;;;;. The van der Waals surface area contributed by atoms with E-state index in [1.807, 2.05) is 0 Å². The SMILES string of the molecule is C=CC1=C(C(F)(F)F)[C]([Mn](=[C]=O)(=[C]=O)=[C]=O)=CC1. The molecule has 0 aromatic rings. The van der Waals surface area contributed by atoms with E-state index in [4.69, 9.17) is 0 Å². The summed E-state index contributed by atoms with van der Waals surface area (Å²) in [5, 5.41) is 0. The average molecular weight is 298 g/mol. The Hall–Kier alpha value is -1.73. The van der Waals surface area contributed by atoms with Crippen molar-refractivity contribution in [2.75, 3.05) is 0 Å². The second kappa shape index (κ2) is 4.87. The zero-order chi connectivity index (χ0) is 14.0. The van der Waals surface area contributed by atoms with Crippen molar-refractivity contribution in [1.82, 2.24) is 0 Å². The fraction of sp³-hybridized carbons (Fsp3) is 0.182. The van der Waals surface area contributed by atoms with Gasteiger partial charge in [0.1, 0.15) is 0 Å². The number of halogens is 3. The van der Waals surface area contributed by atoms with Crippen LogP contribution in [0.4, 0.5) is 13.2 Å². The molecule has 0 amide bonds. The summed E-state index contributed by atoms with van der Waals surface area (Å²) in [4.78, 5) is 35.4. The molecular formula is C11H6F3MnO3. The molecule has 0 spiro atoms. The van der Waals surface area contributed by atoms with Gasteiger partial charge in [-0.3, -0.25) is 0 Å². The second-order valence-electron chi connectivity index (χ2n) is 3.16. The van der Waals surface area contributed by atoms with Crippen molar-refractivity contribution < 1.29 is 39.1 Å². The Bertz CT molecular complexity index is 674. The number of hydrogen-bond acceptors (Lipinski definition) is 3. The molecule has 0 bridgehead atoms. The van der Waals surface area contributed by atoms with Gasteiger partial charge in [-0.05, 0) is 0 Å². The van der Waals surface area contributed by atoms with Gasteiger partial charge in [-0.25, -0.2) is 0 Å². The molecule has 0 N–H and O–H groups in total. The van der Waals surface area contributed by atoms with E-state index >= 15 is 0 Å². The number of allylic oxidation sites excluding steroid dienone is 5. The molecule has 0 unspecified atom stereocenters. The fourth-order valence-corrected chi connectivity index (χ4v) is 3.31. The van der Waals surface area contributed by atoms with E-state index in [1.54, 1.807) is 0 Å². The summed E-state index contributed by atoms with van der Waals surface area (Å²) in [6, 6.07) is 0. The minimum absolute atomic E-state index is 0.145. The van der Waals surface area contributed by atoms with Crippen LogP contribution >= 0.6 is 0 Å². The molecule has 0 saturated carbocycles. The Balaban J connectivity index is 3.84. The van der Waals surface area contributed by atoms with E-state index in [0.29, 0.717) is 0 Å². The zero-order valence-electron chi connectivity index (χ0n) is 8.81. The normalized spacial score (nSPS) is 15.6. The van der Waals surface area contributed by atoms with Crippen molar-refractivity contribution in [3.8, 4) is 0 Å². The van der Waals surface area contributed by atoms with Gasteiger partial charge in [0.25, 0.3) is 0 Å². The minimum atomic E-state index is -4.78. The van der Waals surface area contributed by atoms with Crippen LogP contribution < -0.4 is 0 Å². The van der Waals surface area contributed by atoms with Gasteiger partial charge in [0.15, 0.2) is 0 Å². The third-order valence-electron chi connectivity index (χ3n) is 2.24. The summed E-state index contributed by atoms with van der Waals surface area (Å²) >= 11 is -4.42. The molecule has 0 aromatic carbocycles. The van der Waals surface area contributed by atoms with Gasteiger partial charge in [-0.15, -0.1) is 0 Å². The van der Waals surface area contributed by atoms with Crippen LogP contribution in [0.5, 0.6) is 0 Å². The van der Waals surface area contributed by atoms with Crippen LogP contribution in [0.15, 0.2) is 34.3 Å². The fourth-order valence-electron chi connectivity index (χ4n) is 1.49. The predicted octanol–water partition coefficient (Wildman–Crippen LogP) is 1.67. The van der Waals surface area contributed by atoms with Crippen molar-refractivity contribution >= 4 is 14.4 Å². The molecule has 0 heterocycles. The van der Waals surface area contributed by atoms with Crippen molar-refractivity contribution in [2.24, 2.45) is 0 Å². The summed E-state index contributed by atoms with van der Waals surface area (Å²) in [6.07, 6.45) is -2.93. The number of hydrogen-bond donors (Lipinski definition) is 0. The van der Waals surface area contributed by atoms with E-state index in [0.717, 1.165) is 26.5 Å². The van der Waals surface area contributed by atoms with E-state index in [-0.39, 0.29) is 12.0 Å². The van der Waals surface area contributed by atoms with E-state index < -0.39 is 27.8 Å². The quantitative estimate of drug-likeness (QED) is 0.729. The second-order valence-corrected chi connectivity index (χ2v) is 6.29. The van der Waals surface area contributed by atoms with Gasteiger partial charge < -0.3 is 0 Å². The Morgan fingerprint density at radius 2 is 1.72 bits per heavy atom. The van der Waals surface area contributed by atoms with Gasteiger partial charge in [0.2, 0.25) is 0 Å². The van der Waals surface area contributed by atoms with Gasteiger partial charge in [-0.1, -0.05) is 0 Å². The molecule has 0 saturated heterocycles. The molecule has 96 valence electrons. The monoisotopic (exact) mass is 298 g/mol. The molecule has 0 aromatic heterocycles. The van der Waals surface area contributed by atoms with Crippen LogP contribution in [0, 0.1) is 0 Å². The third kappa shape index (κ3) is 2.14. The van der Waals surface area contributed by atoms with Crippen LogP contribution in [-0.4, -0.2) is 20.5 Å². The van der Waals surface area contributed by atoms with Crippen molar-refractivity contribution in [1.29, 1.82) is 0 Å². The van der Waals surface area contributed by atoms with E-state index in [9.17, 15) is 27.6 Å². The first-order chi connectivity index (χ1) is 8.36. The first kappa shape index (κ1) is 14.3.